The van der Waals surface area contributed by atoms with Crippen LogP contribution in [-0.2, 0) is 29.8 Å². The molecule has 0 radical (unpaired) electrons. The molecule has 1 aliphatic rings. The highest BCUT2D eigenvalue weighted by Gasteiger charge is 2.43. The van der Waals surface area contributed by atoms with Crippen LogP contribution in [0.3, 0.4) is 0 Å². The lowest BCUT2D eigenvalue weighted by atomic mass is 9.97. The van der Waals surface area contributed by atoms with Crippen molar-refractivity contribution in [1.82, 2.24) is 4.90 Å². The second-order valence-electron chi connectivity index (χ2n) is 7.32. The molecule has 1 aliphatic heterocycles. The number of carbonyl (C=O) groups is 1. The highest BCUT2D eigenvalue weighted by Crippen LogP contribution is 2.41. The summed E-state index contributed by atoms with van der Waals surface area (Å²) in [4.78, 5) is 13.3. The first-order valence-corrected chi connectivity index (χ1v) is 10.2. The Balaban J connectivity index is 1.96. The van der Waals surface area contributed by atoms with E-state index in [0.717, 1.165) is 17.0 Å². The summed E-state index contributed by atoms with van der Waals surface area (Å²) in [6.07, 6.45) is -17.4. The van der Waals surface area contributed by atoms with Crippen LogP contribution in [0.5, 0.6) is 0 Å². The van der Waals surface area contributed by atoms with E-state index in [2.05, 4.69) is 0 Å². The second kappa shape index (κ2) is 8.55. The van der Waals surface area contributed by atoms with Crippen LogP contribution < -0.4 is 0 Å². The molecule has 0 spiro atoms. The fourth-order valence-electron chi connectivity index (χ4n) is 3.36. The predicted molar refractivity (Wildman–Crippen MR) is 105 cm³/mol. The van der Waals surface area contributed by atoms with Crippen LogP contribution in [-0.4, -0.2) is 17.0 Å². The summed E-state index contributed by atoms with van der Waals surface area (Å²) in [6, 6.07) is 2.66. The molecule has 13 heteroatoms. The monoisotopic (exact) mass is 597 g/mol. The number of hydrogen-bond acceptors (Lipinski definition) is 2. The van der Waals surface area contributed by atoms with Crippen molar-refractivity contribution in [2.75, 3.05) is 0 Å². The number of alkyl halides is 9. The van der Waals surface area contributed by atoms with Crippen molar-refractivity contribution in [3.8, 4) is 0 Å². The number of ether oxygens (including phenoxy) is 1. The molecule has 180 valence electrons. The standard InChI is InChI=1S/C20H13F9INO2/c1-9-16(10-4-13(19(24,25)26)7-14(5-10)20(27,28)29)33-17(32)31(9)8-11-6-12(18(21,22)23)2-3-15(11)30/h2-7,9,16H,8H2,1H3/t9-,16+/m1/s1. The van der Waals surface area contributed by atoms with Gasteiger partial charge in [-0.3, -0.25) is 4.90 Å². The zero-order valence-electron chi connectivity index (χ0n) is 16.4. The lowest BCUT2D eigenvalue weighted by molar-refractivity contribution is -0.143. The molecule has 3 nitrogen and oxygen atoms in total. The van der Waals surface area contributed by atoms with Gasteiger partial charge in [0.2, 0.25) is 0 Å². The predicted octanol–water partition coefficient (Wildman–Crippen LogP) is 7.43. The van der Waals surface area contributed by atoms with Crippen molar-refractivity contribution in [3.05, 3.63) is 67.8 Å². The van der Waals surface area contributed by atoms with E-state index in [4.69, 9.17) is 4.74 Å². The van der Waals surface area contributed by atoms with E-state index in [1.165, 1.54) is 13.0 Å². The summed E-state index contributed by atoms with van der Waals surface area (Å²) in [6.45, 7) is 0.938. The molecule has 1 fully saturated rings. The third-order valence-corrected chi connectivity index (χ3v) is 6.10. The highest BCUT2D eigenvalue weighted by molar-refractivity contribution is 14.1. The molecule has 0 saturated carbocycles. The van der Waals surface area contributed by atoms with E-state index >= 15 is 0 Å². The van der Waals surface area contributed by atoms with Gasteiger partial charge in [0.15, 0.2) is 0 Å². The Bertz CT molecular complexity index is 1030. The number of amides is 1. The first kappa shape index (κ1) is 25.4. The molecule has 0 aliphatic carbocycles. The summed E-state index contributed by atoms with van der Waals surface area (Å²) < 4.78 is 123. The third-order valence-electron chi connectivity index (χ3n) is 5.04. The summed E-state index contributed by atoms with van der Waals surface area (Å²) in [7, 11) is 0. The summed E-state index contributed by atoms with van der Waals surface area (Å²) in [5.41, 5.74) is -4.54. The van der Waals surface area contributed by atoms with Crippen molar-refractivity contribution in [2.24, 2.45) is 0 Å². The van der Waals surface area contributed by atoms with E-state index in [-0.39, 0.29) is 18.2 Å². The number of carbonyl (C=O) groups excluding carboxylic acids is 1. The maximum absolute atomic E-state index is 13.2. The second-order valence-corrected chi connectivity index (χ2v) is 8.48. The van der Waals surface area contributed by atoms with Gasteiger partial charge in [0.25, 0.3) is 0 Å². The van der Waals surface area contributed by atoms with Gasteiger partial charge in [-0.25, -0.2) is 4.79 Å². The smallest absolute Gasteiger partial charge is 0.416 e. The van der Waals surface area contributed by atoms with Crippen molar-refractivity contribution >= 4 is 28.7 Å². The van der Waals surface area contributed by atoms with Crippen LogP contribution in [0, 0.1) is 3.57 Å². The lowest BCUT2D eigenvalue weighted by Crippen LogP contribution is -2.32. The van der Waals surface area contributed by atoms with Crippen LogP contribution in [0.1, 0.15) is 40.8 Å². The Morgan fingerprint density at radius 3 is 1.85 bits per heavy atom. The molecule has 0 N–H and O–H groups in total. The lowest BCUT2D eigenvalue weighted by Gasteiger charge is -2.23. The molecule has 2 aromatic rings. The van der Waals surface area contributed by atoms with E-state index in [0.29, 0.717) is 15.7 Å². The molecule has 1 heterocycles. The van der Waals surface area contributed by atoms with Crippen molar-refractivity contribution in [1.29, 1.82) is 0 Å². The van der Waals surface area contributed by atoms with Crippen LogP contribution in [0.4, 0.5) is 44.3 Å². The van der Waals surface area contributed by atoms with Crippen LogP contribution in [0.2, 0.25) is 0 Å². The topological polar surface area (TPSA) is 29.5 Å². The van der Waals surface area contributed by atoms with Gasteiger partial charge in [-0.1, -0.05) is 0 Å². The van der Waals surface area contributed by atoms with Gasteiger partial charge in [-0.15, -0.1) is 0 Å². The zero-order chi connectivity index (χ0) is 24.9. The number of nitrogens with zero attached hydrogens (tertiary/aromatic N) is 1. The van der Waals surface area contributed by atoms with Crippen molar-refractivity contribution in [2.45, 2.75) is 44.1 Å². The van der Waals surface area contributed by atoms with Gasteiger partial charge in [-0.2, -0.15) is 39.5 Å². The Labute approximate surface area is 194 Å². The largest absolute Gasteiger partial charge is 0.439 e. The Morgan fingerprint density at radius 1 is 0.848 bits per heavy atom. The number of rotatable bonds is 3. The summed E-state index contributed by atoms with van der Waals surface area (Å²) in [5.74, 6) is 0. The first-order valence-electron chi connectivity index (χ1n) is 9.10. The maximum Gasteiger partial charge on any atom is 0.416 e. The van der Waals surface area contributed by atoms with E-state index in [9.17, 15) is 44.3 Å². The minimum absolute atomic E-state index is 0.0479. The van der Waals surface area contributed by atoms with Crippen LogP contribution >= 0.6 is 22.6 Å². The Kier molecular flexibility index (Phi) is 6.59. The van der Waals surface area contributed by atoms with E-state index in [1.807, 2.05) is 0 Å². The Hall–Kier alpha value is -2.19. The third kappa shape index (κ3) is 5.49. The molecule has 2 atom stereocenters. The van der Waals surface area contributed by atoms with Crippen molar-refractivity contribution in [3.63, 3.8) is 0 Å². The Morgan fingerprint density at radius 2 is 1.36 bits per heavy atom. The molecule has 0 bridgehead atoms. The molecule has 33 heavy (non-hydrogen) atoms. The maximum atomic E-state index is 13.2. The van der Waals surface area contributed by atoms with E-state index < -0.39 is 59.0 Å². The minimum Gasteiger partial charge on any atom is -0.439 e. The SMILES string of the molecule is C[C@@H]1[C@@H](c2cc(C(F)(F)F)cc(C(F)(F)F)c2)OC(=O)N1Cc1cc(C(F)(F)F)ccc1I. The van der Waals surface area contributed by atoms with Gasteiger partial charge < -0.3 is 4.74 Å². The van der Waals surface area contributed by atoms with Crippen LogP contribution in [0.25, 0.3) is 0 Å². The van der Waals surface area contributed by atoms with Gasteiger partial charge in [0.1, 0.15) is 6.10 Å². The number of halogens is 10. The van der Waals surface area contributed by atoms with Gasteiger partial charge in [0.05, 0.1) is 29.3 Å². The highest BCUT2D eigenvalue weighted by atomic mass is 127. The molecule has 1 amide bonds. The summed E-state index contributed by atoms with van der Waals surface area (Å²) >= 11 is 1.75. The molecular formula is C20H13F9INO2. The van der Waals surface area contributed by atoms with Crippen molar-refractivity contribution < 1.29 is 49.0 Å². The van der Waals surface area contributed by atoms with Gasteiger partial charge in [-0.05, 0) is 77.0 Å². The quantitative estimate of drug-likeness (QED) is 0.272. The van der Waals surface area contributed by atoms with Crippen LogP contribution in [0.15, 0.2) is 36.4 Å². The first-order chi connectivity index (χ1) is 15.0. The summed E-state index contributed by atoms with van der Waals surface area (Å²) in [5, 5.41) is 0. The molecule has 0 unspecified atom stereocenters. The minimum atomic E-state index is -5.09. The average molecular weight is 597 g/mol. The fraction of sp³-hybridized carbons (Fsp3) is 0.350. The molecule has 1 saturated heterocycles. The van der Waals surface area contributed by atoms with E-state index in [1.54, 1.807) is 22.6 Å². The number of cyclic esters (lactones) is 1. The number of hydrogen-bond donors (Lipinski definition) is 0. The van der Waals surface area contributed by atoms with Gasteiger partial charge in [0, 0.05) is 3.57 Å². The molecular weight excluding hydrogens is 584 g/mol. The number of benzene rings is 2. The molecule has 3 rings (SSSR count). The fourth-order valence-corrected chi connectivity index (χ4v) is 3.86. The molecule has 0 aromatic heterocycles. The van der Waals surface area contributed by atoms with Gasteiger partial charge >= 0.3 is 24.6 Å². The normalized spacial score (nSPS) is 19.7. The molecule has 2 aromatic carbocycles. The zero-order valence-corrected chi connectivity index (χ0v) is 18.5. The average Bonchev–Trinajstić information content (AvgIpc) is 2.95.